The van der Waals surface area contributed by atoms with E-state index in [1.165, 1.54) is 0 Å². The molecule has 2 heteroatoms. The molecule has 0 aliphatic carbocycles. The molecule has 0 radical (unpaired) electrons. The zero-order valence-electron chi connectivity index (χ0n) is 12.0. The number of rotatable bonds is 2. The van der Waals surface area contributed by atoms with Gasteiger partial charge in [0.1, 0.15) is 0 Å². The van der Waals surface area contributed by atoms with E-state index in [0.29, 0.717) is 0 Å². The van der Waals surface area contributed by atoms with Crippen LogP contribution in [0.2, 0.25) is 0 Å². The highest BCUT2D eigenvalue weighted by Crippen LogP contribution is 2.32. The third-order valence-electron chi connectivity index (χ3n) is 3.72. The Morgan fingerprint density at radius 2 is 1.45 bits per heavy atom. The third kappa shape index (κ3) is 2.25. The Hall–Kier alpha value is -3.00. The lowest BCUT2D eigenvalue weighted by molar-refractivity contribution is 1.28. The van der Waals surface area contributed by atoms with Gasteiger partial charge < -0.3 is 0 Å². The summed E-state index contributed by atoms with van der Waals surface area (Å²) in [5, 5.41) is 1.14. The van der Waals surface area contributed by atoms with Gasteiger partial charge in [0.25, 0.3) is 0 Å². The van der Waals surface area contributed by atoms with E-state index in [9.17, 15) is 0 Å². The predicted molar refractivity (Wildman–Crippen MR) is 90.4 cm³/mol. The molecule has 0 amide bonds. The van der Waals surface area contributed by atoms with Crippen molar-refractivity contribution in [1.82, 2.24) is 9.97 Å². The molecule has 0 aliphatic rings. The standard InChI is InChI=1S/C20H14N2/c1-2-8-15(9-3-1)17-14-16-10-4-5-11-18(16)22-20(17)19-12-6-7-13-21-19/h1-14H. The largest absolute Gasteiger partial charge is 0.255 e. The fraction of sp³-hybridized carbons (Fsp3) is 0. The second-order valence-electron chi connectivity index (χ2n) is 5.16. The summed E-state index contributed by atoms with van der Waals surface area (Å²) < 4.78 is 0. The number of pyridine rings is 2. The number of fused-ring (bicyclic) bond motifs is 1. The first-order chi connectivity index (χ1) is 10.9. The van der Waals surface area contributed by atoms with Crippen molar-refractivity contribution in [3.8, 4) is 22.5 Å². The maximum Gasteiger partial charge on any atom is 0.0972 e. The molecule has 104 valence electrons. The van der Waals surface area contributed by atoms with Gasteiger partial charge in [-0.05, 0) is 29.8 Å². The molecule has 0 spiro atoms. The third-order valence-corrected chi connectivity index (χ3v) is 3.72. The Bertz CT molecular complexity index is 838. The molecule has 22 heavy (non-hydrogen) atoms. The number of benzene rings is 2. The maximum absolute atomic E-state index is 4.86. The number of aromatic nitrogens is 2. The van der Waals surface area contributed by atoms with Crippen LogP contribution in [0.5, 0.6) is 0 Å². The molecule has 0 unspecified atom stereocenters. The van der Waals surface area contributed by atoms with Gasteiger partial charge >= 0.3 is 0 Å². The molecule has 0 atom stereocenters. The molecule has 2 aromatic heterocycles. The van der Waals surface area contributed by atoms with Crippen molar-refractivity contribution in [1.29, 1.82) is 0 Å². The SMILES string of the molecule is c1ccc(-c2cc3ccccc3nc2-c2ccccn2)cc1. The van der Waals surface area contributed by atoms with E-state index >= 15 is 0 Å². The van der Waals surface area contributed by atoms with Crippen molar-refractivity contribution in [2.75, 3.05) is 0 Å². The lowest BCUT2D eigenvalue weighted by Crippen LogP contribution is -1.93. The Morgan fingerprint density at radius 1 is 0.682 bits per heavy atom. The molecule has 2 heterocycles. The van der Waals surface area contributed by atoms with Crippen LogP contribution in [0.3, 0.4) is 0 Å². The Morgan fingerprint density at radius 3 is 2.27 bits per heavy atom. The average Bonchev–Trinajstić information content (AvgIpc) is 2.62. The highest BCUT2D eigenvalue weighted by molar-refractivity contribution is 5.90. The summed E-state index contributed by atoms with van der Waals surface area (Å²) in [5.41, 5.74) is 5.07. The van der Waals surface area contributed by atoms with E-state index in [1.807, 2.05) is 54.6 Å². The molecule has 0 N–H and O–H groups in total. The minimum absolute atomic E-state index is 0.895. The highest BCUT2D eigenvalue weighted by atomic mass is 14.8. The number of hydrogen-bond donors (Lipinski definition) is 0. The van der Waals surface area contributed by atoms with Crippen LogP contribution in [-0.2, 0) is 0 Å². The summed E-state index contributed by atoms with van der Waals surface area (Å²) in [6, 6.07) is 26.6. The van der Waals surface area contributed by atoms with E-state index in [1.54, 1.807) is 6.20 Å². The normalized spacial score (nSPS) is 10.7. The van der Waals surface area contributed by atoms with Gasteiger partial charge in [0, 0.05) is 17.1 Å². The Labute approximate surface area is 129 Å². The highest BCUT2D eigenvalue weighted by Gasteiger charge is 2.11. The fourth-order valence-electron chi connectivity index (χ4n) is 2.65. The second kappa shape index (κ2) is 5.41. The van der Waals surface area contributed by atoms with Crippen LogP contribution < -0.4 is 0 Å². The van der Waals surface area contributed by atoms with Crippen LogP contribution in [0.4, 0.5) is 0 Å². The summed E-state index contributed by atoms with van der Waals surface area (Å²) in [6.07, 6.45) is 1.81. The van der Waals surface area contributed by atoms with Crippen LogP contribution in [-0.4, -0.2) is 9.97 Å². The summed E-state index contributed by atoms with van der Waals surface area (Å²) in [4.78, 5) is 9.34. The minimum atomic E-state index is 0.895. The van der Waals surface area contributed by atoms with Crippen LogP contribution >= 0.6 is 0 Å². The van der Waals surface area contributed by atoms with Gasteiger partial charge in [-0.25, -0.2) is 4.98 Å². The van der Waals surface area contributed by atoms with Crippen molar-refractivity contribution < 1.29 is 0 Å². The monoisotopic (exact) mass is 282 g/mol. The van der Waals surface area contributed by atoms with Gasteiger partial charge in [-0.1, -0.05) is 54.6 Å². The van der Waals surface area contributed by atoms with Crippen LogP contribution in [0.15, 0.2) is 85.1 Å². The average molecular weight is 282 g/mol. The van der Waals surface area contributed by atoms with Crippen molar-refractivity contribution in [3.63, 3.8) is 0 Å². The van der Waals surface area contributed by atoms with E-state index in [4.69, 9.17) is 4.98 Å². The fourth-order valence-corrected chi connectivity index (χ4v) is 2.65. The van der Waals surface area contributed by atoms with Gasteiger partial charge in [-0.3, -0.25) is 4.98 Å². The molecule has 0 bridgehead atoms. The number of hydrogen-bond acceptors (Lipinski definition) is 2. The molecule has 0 aliphatic heterocycles. The minimum Gasteiger partial charge on any atom is -0.255 e. The van der Waals surface area contributed by atoms with Gasteiger partial charge in [0.2, 0.25) is 0 Å². The molecule has 0 saturated carbocycles. The lowest BCUT2D eigenvalue weighted by Gasteiger charge is -2.10. The Kier molecular flexibility index (Phi) is 3.13. The molecule has 4 aromatic rings. The van der Waals surface area contributed by atoms with E-state index in [-0.39, 0.29) is 0 Å². The summed E-state index contributed by atoms with van der Waals surface area (Å²) in [5.74, 6) is 0. The van der Waals surface area contributed by atoms with Crippen molar-refractivity contribution in [2.45, 2.75) is 0 Å². The molecule has 2 nitrogen and oxygen atoms in total. The van der Waals surface area contributed by atoms with E-state index < -0.39 is 0 Å². The molecular weight excluding hydrogens is 268 g/mol. The topological polar surface area (TPSA) is 25.8 Å². The van der Waals surface area contributed by atoms with E-state index in [2.05, 4.69) is 29.2 Å². The summed E-state index contributed by atoms with van der Waals surface area (Å²) >= 11 is 0. The van der Waals surface area contributed by atoms with Gasteiger partial charge in [0.15, 0.2) is 0 Å². The number of para-hydroxylation sites is 1. The Balaban J connectivity index is 2.04. The van der Waals surface area contributed by atoms with Crippen molar-refractivity contribution in [2.24, 2.45) is 0 Å². The molecule has 4 rings (SSSR count). The van der Waals surface area contributed by atoms with Gasteiger partial charge in [-0.15, -0.1) is 0 Å². The quantitative estimate of drug-likeness (QED) is 0.519. The second-order valence-corrected chi connectivity index (χ2v) is 5.16. The van der Waals surface area contributed by atoms with E-state index in [0.717, 1.165) is 33.4 Å². The van der Waals surface area contributed by atoms with Gasteiger partial charge in [-0.2, -0.15) is 0 Å². The van der Waals surface area contributed by atoms with Crippen LogP contribution in [0.1, 0.15) is 0 Å². The first kappa shape index (κ1) is 12.7. The zero-order chi connectivity index (χ0) is 14.8. The molecule has 2 aromatic carbocycles. The molecular formula is C20H14N2. The lowest BCUT2D eigenvalue weighted by atomic mass is 9.99. The van der Waals surface area contributed by atoms with Crippen molar-refractivity contribution >= 4 is 10.9 Å². The van der Waals surface area contributed by atoms with Gasteiger partial charge in [0.05, 0.1) is 16.9 Å². The maximum atomic E-state index is 4.86. The first-order valence-corrected chi connectivity index (χ1v) is 7.28. The zero-order valence-corrected chi connectivity index (χ0v) is 12.0. The molecule has 0 saturated heterocycles. The first-order valence-electron chi connectivity index (χ1n) is 7.28. The van der Waals surface area contributed by atoms with Crippen molar-refractivity contribution in [3.05, 3.63) is 85.1 Å². The predicted octanol–water partition coefficient (Wildman–Crippen LogP) is 4.96. The summed E-state index contributed by atoms with van der Waals surface area (Å²) in [7, 11) is 0. The smallest absolute Gasteiger partial charge is 0.0972 e. The number of nitrogens with zero attached hydrogens (tertiary/aromatic N) is 2. The summed E-state index contributed by atoms with van der Waals surface area (Å²) in [6.45, 7) is 0. The van der Waals surface area contributed by atoms with Crippen LogP contribution in [0.25, 0.3) is 33.4 Å². The molecule has 0 fully saturated rings. The van der Waals surface area contributed by atoms with Crippen LogP contribution in [0, 0.1) is 0 Å².